The smallest absolute Gasteiger partial charge is 0.263 e. The van der Waals surface area contributed by atoms with E-state index in [9.17, 15) is 10.1 Å². The van der Waals surface area contributed by atoms with E-state index in [4.69, 9.17) is 0 Å². The molecule has 21 heavy (non-hydrogen) atoms. The molecule has 0 aliphatic carbocycles. The summed E-state index contributed by atoms with van der Waals surface area (Å²) < 4.78 is 2.65. The summed E-state index contributed by atoms with van der Waals surface area (Å²) in [4.78, 5) is 14.8. The van der Waals surface area contributed by atoms with E-state index in [0.717, 1.165) is 26.7 Å². The largest absolute Gasteiger partial charge is 0.271 e. The van der Waals surface area contributed by atoms with E-state index in [0.29, 0.717) is 6.54 Å². The lowest BCUT2D eigenvalue weighted by molar-refractivity contribution is -0.384. The van der Waals surface area contributed by atoms with Crippen LogP contribution in [0.15, 0.2) is 42.6 Å². The standard InChI is InChI=1S/C14H11IN4O2/c15-14-12-5-4-11(19(20)21)9-13(12)18(17-14)8-6-10-3-1-2-7-16-10/h1-5,7,9H,6,8H2. The highest BCUT2D eigenvalue weighted by Gasteiger charge is 2.13. The monoisotopic (exact) mass is 394 g/mol. The van der Waals surface area contributed by atoms with Crippen LogP contribution in [0.25, 0.3) is 10.9 Å². The summed E-state index contributed by atoms with van der Waals surface area (Å²) in [6.07, 6.45) is 2.49. The molecule has 0 N–H and O–H groups in total. The molecule has 0 atom stereocenters. The van der Waals surface area contributed by atoms with Crippen LogP contribution in [0.5, 0.6) is 0 Å². The molecule has 0 fully saturated rings. The minimum Gasteiger partial charge on any atom is -0.263 e. The third-order valence-corrected chi connectivity index (χ3v) is 4.00. The molecule has 0 amide bonds. The number of non-ortho nitro benzene ring substituents is 1. The number of pyridine rings is 1. The Balaban J connectivity index is 1.94. The van der Waals surface area contributed by atoms with E-state index in [1.807, 2.05) is 18.2 Å². The SMILES string of the molecule is O=[N+]([O-])c1ccc2c(I)nn(CCc3ccccn3)c2c1. The number of hydrogen-bond donors (Lipinski definition) is 0. The highest BCUT2D eigenvalue weighted by molar-refractivity contribution is 14.1. The van der Waals surface area contributed by atoms with Crippen molar-refractivity contribution in [1.29, 1.82) is 0 Å². The molecule has 0 bridgehead atoms. The van der Waals surface area contributed by atoms with Gasteiger partial charge in [-0.1, -0.05) is 6.07 Å². The van der Waals surface area contributed by atoms with Crippen LogP contribution in [0.3, 0.4) is 0 Å². The van der Waals surface area contributed by atoms with Crippen LogP contribution in [-0.2, 0) is 13.0 Å². The maximum absolute atomic E-state index is 10.9. The lowest BCUT2D eigenvalue weighted by Crippen LogP contribution is -2.04. The van der Waals surface area contributed by atoms with Gasteiger partial charge in [-0.15, -0.1) is 0 Å². The number of hydrogen-bond acceptors (Lipinski definition) is 4. The number of aryl methyl sites for hydroxylation is 2. The molecule has 0 saturated carbocycles. The van der Waals surface area contributed by atoms with Gasteiger partial charge in [0, 0.05) is 42.4 Å². The molecule has 1 aromatic carbocycles. The Morgan fingerprint density at radius 2 is 2.14 bits per heavy atom. The number of rotatable bonds is 4. The maximum Gasteiger partial charge on any atom is 0.271 e. The summed E-state index contributed by atoms with van der Waals surface area (Å²) in [5.74, 6) is 0. The molecule has 0 aliphatic heterocycles. The van der Waals surface area contributed by atoms with Gasteiger partial charge in [-0.25, -0.2) is 0 Å². The Bertz CT molecular complexity index is 801. The van der Waals surface area contributed by atoms with Crippen LogP contribution in [0.4, 0.5) is 5.69 Å². The number of nitrogens with zero attached hydrogens (tertiary/aromatic N) is 4. The maximum atomic E-state index is 10.9. The van der Waals surface area contributed by atoms with Crippen LogP contribution in [-0.4, -0.2) is 19.7 Å². The van der Waals surface area contributed by atoms with Crippen molar-refractivity contribution in [2.24, 2.45) is 0 Å². The van der Waals surface area contributed by atoms with Crippen molar-refractivity contribution in [2.75, 3.05) is 0 Å². The van der Waals surface area contributed by atoms with E-state index in [1.165, 1.54) is 6.07 Å². The zero-order valence-electron chi connectivity index (χ0n) is 10.9. The molecule has 3 rings (SSSR count). The van der Waals surface area contributed by atoms with Crippen LogP contribution in [0, 0.1) is 13.8 Å². The van der Waals surface area contributed by atoms with Gasteiger partial charge in [0.2, 0.25) is 0 Å². The van der Waals surface area contributed by atoms with Gasteiger partial charge in [0.25, 0.3) is 5.69 Å². The molecule has 0 unspecified atom stereocenters. The fourth-order valence-corrected chi connectivity index (χ4v) is 2.89. The summed E-state index contributed by atoms with van der Waals surface area (Å²) in [7, 11) is 0. The average molecular weight is 394 g/mol. The summed E-state index contributed by atoms with van der Waals surface area (Å²) in [5.41, 5.74) is 1.84. The highest BCUT2D eigenvalue weighted by Crippen LogP contribution is 2.25. The number of benzene rings is 1. The van der Waals surface area contributed by atoms with E-state index in [1.54, 1.807) is 23.0 Å². The zero-order valence-corrected chi connectivity index (χ0v) is 13.1. The van der Waals surface area contributed by atoms with Crippen LogP contribution in [0.1, 0.15) is 5.69 Å². The molecule has 0 aliphatic rings. The van der Waals surface area contributed by atoms with Crippen molar-refractivity contribution in [2.45, 2.75) is 13.0 Å². The quantitative estimate of drug-likeness (QED) is 0.387. The van der Waals surface area contributed by atoms with Gasteiger partial charge in [-0.2, -0.15) is 5.10 Å². The molecule has 6 nitrogen and oxygen atoms in total. The van der Waals surface area contributed by atoms with Crippen molar-refractivity contribution in [1.82, 2.24) is 14.8 Å². The fourth-order valence-electron chi connectivity index (χ4n) is 2.17. The minimum absolute atomic E-state index is 0.0814. The van der Waals surface area contributed by atoms with Gasteiger partial charge >= 0.3 is 0 Å². The summed E-state index contributed by atoms with van der Waals surface area (Å²) in [6.45, 7) is 0.637. The van der Waals surface area contributed by atoms with Crippen LogP contribution >= 0.6 is 22.6 Å². The predicted octanol–water partition coefficient (Wildman–Crippen LogP) is 3.19. The van der Waals surface area contributed by atoms with Gasteiger partial charge < -0.3 is 0 Å². The molecule has 2 aromatic heterocycles. The van der Waals surface area contributed by atoms with Gasteiger partial charge in [-0.05, 0) is 40.8 Å². The first-order valence-electron chi connectivity index (χ1n) is 6.35. The first-order valence-corrected chi connectivity index (χ1v) is 7.43. The van der Waals surface area contributed by atoms with Crippen molar-refractivity contribution < 1.29 is 4.92 Å². The summed E-state index contributed by atoms with van der Waals surface area (Å²) in [6, 6.07) is 10.6. The molecular weight excluding hydrogens is 383 g/mol. The molecule has 0 spiro atoms. The van der Waals surface area contributed by atoms with Crippen LogP contribution in [0.2, 0.25) is 0 Å². The second kappa shape index (κ2) is 5.76. The van der Waals surface area contributed by atoms with Gasteiger partial charge in [-0.3, -0.25) is 19.8 Å². The fraction of sp³-hybridized carbons (Fsp3) is 0.143. The van der Waals surface area contributed by atoms with Crippen molar-refractivity contribution in [3.63, 3.8) is 0 Å². The van der Waals surface area contributed by atoms with Crippen molar-refractivity contribution in [3.05, 3.63) is 62.1 Å². The minimum atomic E-state index is -0.387. The number of halogens is 1. The Morgan fingerprint density at radius 3 is 2.86 bits per heavy atom. The van der Waals surface area contributed by atoms with Crippen molar-refractivity contribution >= 4 is 39.2 Å². The first-order chi connectivity index (χ1) is 10.1. The van der Waals surface area contributed by atoms with Gasteiger partial charge in [0.1, 0.15) is 3.70 Å². The molecule has 7 heteroatoms. The number of fused-ring (bicyclic) bond motifs is 1. The Labute approximate surface area is 134 Å². The zero-order chi connectivity index (χ0) is 14.8. The summed E-state index contributed by atoms with van der Waals surface area (Å²) >= 11 is 2.14. The van der Waals surface area contributed by atoms with Crippen molar-refractivity contribution in [3.8, 4) is 0 Å². The molecule has 0 saturated heterocycles. The van der Waals surface area contributed by atoms with Gasteiger partial charge in [0.15, 0.2) is 0 Å². The first kappa shape index (κ1) is 13.9. The third-order valence-electron chi connectivity index (χ3n) is 3.21. The second-order valence-corrected chi connectivity index (χ2v) is 5.57. The van der Waals surface area contributed by atoms with E-state index < -0.39 is 0 Å². The van der Waals surface area contributed by atoms with E-state index in [-0.39, 0.29) is 10.6 Å². The topological polar surface area (TPSA) is 73.8 Å². The highest BCUT2D eigenvalue weighted by atomic mass is 127. The molecular formula is C14H11IN4O2. The number of nitro groups is 1. The number of nitro benzene ring substituents is 1. The molecule has 3 aromatic rings. The Morgan fingerprint density at radius 1 is 1.29 bits per heavy atom. The number of aromatic nitrogens is 3. The van der Waals surface area contributed by atoms with Crippen LogP contribution < -0.4 is 0 Å². The second-order valence-electron chi connectivity index (χ2n) is 4.54. The van der Waals surface area contributed by atoms with E-state index >= 15 is 0 Å². The van der Waals surface area contributed by atoms with E-state index in [2.05, 4.69) is 32.7 Å². The van der Waals surface area contributed by atoms with Gasteiger partial charge in [0.05, 0.1) is 10.4 Å². The molecule has 0 radical (unpaired) electrons. The normalized spacial score (nSPS) is 10.9. The Kier molecular flexibility index (Phi) is 3.82. The lowest BCUT2D eigenvalue weighted by atomic mass is 10.2. The average Bonchev–Trinajstić information content (AvgIpc) is 2.82. The molecule has 2 heterocycles. The Hall–Kier alpha value is -2.03. The predicted molar refractivity (Wildman–Crippen MR) is 87.0 cm³/mol. The lowest BCUT2D eigenvalue weighted by Gasteiger charge is -2.03. The third kappa shape index (κ3) is 2.87. The summed E-state index contributed by atoms with van der Waals surface area (Å²) in [5, 5.41) is 16.3. The molecule has 106 valence electrons.